The number of aliphatic carboxylic acids is 1. The average molecular weight is 291 g/mol. The van der Waals surface area contributed by atoms with Gasteiger partial charge in [-0.2, -0.15) is 0 Å². The van der Waals surface area contributed by atoms with Crippen molar-refractivity contribution >= 4 is 11.9 Å². The summed E-state index contributed by atoms with van der Waals surface area (Å²) < 4.78 is 0. The molecule has 2 N–H and O–H groups in total. The molecule has 1 amide bonds. The fourth-order valence-corrected chi connectivity index (χ4v) is 2.25. The molecule has 0 saturated heterocycles. The number of amides is 1. The van der Waals surface area contributed by atoms with Crippen LogP contribution in [0.2, 0.25) is 0 Å². The number of aryl methyl sites for hydroxylation is 2. The van der Waals surface area contributed by atoms with Crippen LogP contribution in [-0.2, 0) is 16.0 Å². The zero-order chi connectivity index (χ0) is 15.9. The van der Waals surface area contributed by atoms with E-state index in [1.165, 1.54) is 5.56 Å². The number of hydrogen-bond acceptors (Lipinski definition) is 2. The molecular weight excluding hydrogens is 266 g/mol. The van der Waals surface area contributed by atoms with Crippen molar-refractivity contribution in [3.63, 3.8) is 0 Å². The van der Waals surface area contributed by atoms with E-state index in [9.17, 15) is 14.7 Å². The zero-order valence-corrected chi connectivity index (χ0v) is 13.1. The van der Waals surface area contributed by atoms with Gasteiger partial charge in [0.05, 0.1) is 5.41 Å². The number of carbonyl (C=O) groups excluding carboxylic acids is 1. The Hall–Kier alpha value is -1.84. The maximum atomic E-state index is 11.9. The van der Waals surface area contributed by atoms with Crippen LogP contribution in [0.5, 0.6) is 0 Å². The van der Waals surface area contributed by atoms with E-state index in [0.717, 1.165) is 5.56 Å². The molecule has 1 aromatic carbocycles. The molecule has 0 atom stereocenters. The lowest BCUT2D eigenvalue weighted by atomic mass is 9.82. The van der Waals surface area contributed by atoms with Gasteiger partial charge in [0.1, 0.15) is 0 Å². The molecule has 0 aromatic heterocycles. The van der Waals surface area contributed by atoms with Crippen molar-refractivity contribution in [1.82, 2.24) is 5.32 Å². The van der Waals surface area contributed by atoms with Crippen LogP contribution in [0, 0.1) is 12.3 Å². The van der Waals surface area contributed by atoms with Crippen LogP contribution in [0.1, 0.15) is 44.2 Å². The summed E-state index contributed by atoms with van der Waals surface area (Å²) in [4.78, 5) is 23.2. The Balaban J connectivity index is 2.46. The first-order chi connectivity index (χ1) is 9.93. The second-order valence-electron chi connectivity index (χ2n) is 5.55. The number of carbonyl (C=O) groups is 2. The van der Waals surface area contributed by atoms with Crippen molar-refractivity contribution in [3.8, 4) is 0 Å². The largest absolute Gasteiger partial charge is 0.481 e. The second kappa shape index (κ2) is 7.81. The van der Waals surface area contributed by atoms with E-state index in [1.54, 1.807) is 0 Å². The van der Waals surface area contributed by atoms with Gasteiger partial charge in [0.2, 0.25) is 5.91 Å². The standard InChI is InChI=1S/C17H25NO3/c1-4-17(5-2,16(20)21)12-18-15(19)11-10-14-8-6-13(3)7-9-14/h6-9H,4-5,10-12H2,1-3H3,(H,18,19)(H,20,21). The number of rotatable bonds is 8. The molecule has 0 aliphatic carbocycles. The van der Waals surface area contributed by atoms with E-state index >= 15 is 0 Å². The molecule has 4 nitrogen and oxygen atoms in total. The number of benzene rings is 1. The Morgan fingerprint density at radius 1 is 1.14 bits per heavy atom. The normalized spacial score (nSPS) is 11.2. The molecule has 0 radical (unpaired) electrons. The van der Waals surface area contributed by atoms with Crippen LogP contribution in [-0.4, -0.2) is 23.5 Å². The number of carboxylic acids is 1. The fourth-order valence-electron chi connectivity index (χ4n) is 2.25. The third kappa shape index (κ3) is 4.88. The highest BCUT2D eigenvalue weighted by Gasteiger charge is 2.34. The Labute approximate surface area is 126 Å². The van der Waals surface area contributed by atoms with Gasteiger partial charge in [0.15, 0.2) is 0 Å². The monoisotopic (exact) mass is 291 g/mol. The zero-order valence-electron chi connectivity index (χ0n) is 13.1. The summed E-state index contributed by atoms with van der Waals surface area (Å²) in [6.07, 6.45) is 2.07. The maximum Gasteiger partial charge on any atom is 0.311 e. The van der Waals surface area contributed by atoms with E-state index < -0.39 is 11.4 Å². The molecule has 0 bridgehead atoms. The van der Waals surface area contributed by atoms with Gasteiger partial charge >= 0.3 is 5.97 Å². The number of hydrogen-bond donors (Lipinski definition) is 2. The molecule has 0 unspecified atom stereocenters. The van der Waals surface area contributed by atoms with Gasteiger partial charge in [-0.15, -0.1) is 0 Å². The summed E-state index contributed by atoms with van der Waals surface area (Å²) in [6.45, 7) is 5.91. The van der Waals surface area contributed by atoms with Gasteiger partial charge < -0.3 is 10.4 Å². The van der Waals surface area contributed by atoms with Crippen molar-refractivity contribution < 1.29 is 14.7 Å². The first-order valence-electron chi connectivity index (χ1n) is 7.49. The van der Waals surface area contributed by atoms with E-state index in [4.69, 9.17) is 0 Å². The molecular formula is C17H25NO3. The molecule has 4 heteroatoms. The molecule has 0 heterocycles. The smallest absolute Gasteiger partial charge is 0.311 e. The molecule has 0 saturated carbocycles. The molecule has 0 spiro atoms. The van der Waals surface area contributed by atoms with E-state index in [1.807, 2.05) is 45.0 Å². The molecule has 0 aliphatic rings. The van der Waals surface area contributed by atoms with Crippen molar-refractivity contribution in [2.24, 2.45) is 5.41 Å². The lowest BCUT2D eigenvalue weighted by Crippen LogP contribution is -2.42. The van der Waals surface area contributed by atoms with Crippen molar-refractivity contribution in [3.05, 3.63) is 35.4 Å². The Bertz CT molecular complexity index is 475. The summed E-state index contributed by atoms with van der Waals surface area (Å²) in [5, 5.41) is 12.1. The van der Waals surface area contributed by atoms with E-state index in [0.29, 0.717) is 25.7 Å². The van der Waals surface area contributed by atoms with Crippen LogP contribution >= 0.6 is 0 Å². The predicted octanol–water partition coefficient (Wildman–Crippen LogP) is 2.93. The van der Waals surface area contributed by atoms with Crippen molar-refractivity contribution in [2.75, 3.05) is 6.54 Å². The summed E-state index contributed by atoms with van der Waals surface area (Å²) >= 11 is 0. The molecule has 1 aromatic rings. The molecule has 0 aliphatic heterocycles. The summed E-state index contributed by atoms with van der Waals surface area (Å²) in [5.41, 5.74) is 1.46. The number of nitrogens with one attached hydrogen (secondary N) is 1. The first kappa shape index (κ1) is 17.2. The molecule has 116 valence electrons. The summed E-state index contributed by atoms with van der Waals surface area (Å²) in [7, 11) is 0. The maximum absolute atomic E-state index is 11.9. The highest BCUT2D eigenvalue weighted by atomic mass is 16.4. The highest BCUT2D eigenvalue weighted by Crippen LogP contribution is 2.25. The third-order valence-electron chi connectivity index (χ3n) is 4.19. The van der Waals surface area contributed by atoms with Crippen LogP contribution in [0.15, 0.2) is 24.3 Å². The fraction of sp³-hybridized carbons (Fsp3) is 0.529. The first-order valence-corrected chi connectivity index (χ1v) is 7.49. The summed E-state index contributed by atoms with van der Waals surface area (Å²) in [6, 6.07) is 8.08. The Morgan fingerprint density at radius 3 is 2.19 bits per heavy atom. The van der Waals surface area contributed by atoms with Crippen molar-refractivity contribution in [1.29, 1.82) is 0 Å². The van der Waals surface area contributed by atoms with Crippen LogP contribution in [0.3, 0.4) is 0 Å². The molecule has 21 heavy (non-hydrogen) atoms. The Morgan fingerprint density at radius 2 is 1.71 bits per heavy atom. The lowest BCUT2D eigenvalue weighted by Gasteiger charge is -2.26. The minimum absolute atomic E-state index is 0.0944. The van der Waals surface area contributed by atoms with Gasteiger partial charge in [0, 0.05) is 13.0 Å². The summed E-state index contributed by atoms with van der Waals surface area (Å²) in [5.74, 6) is -0.936. The lowest BCUT2D eigenvalue weighted by molar-refractivity contribution is -0.149. The van der Waals surface area contributed by atoms with E-state index in [2.05, 4.69) is 5.32 Å². The molecule has 1 rings (SSSR count). The second-order valence-corrected chi connectivity index (χ2v) is 5.55. The molecule has 0 fully saturated rings. The van der Waals surface area contributed by atoms with Gasteiger partial charge in [0.25, 0.3) is 0 Å². The van der Waals surface area contributed by atoms with Crippen LogP contribution in [0.25, 0.3) is 0 Å². The van der Waals surface area contributed by atoms with Gasteiger partial charge in [-0.1, -0.05) is 43.7 Å². The third-order valence-corrected chi connectivity index (χ3v) is 4.19. The number of carboxylic acid groups (broad SMARTS) is 1. The Kier molecular flexibility index (Phi) is 6.40. The van der Waals surface area contributed by atoms with Crippen molar-refractivity contribution in [2.45, 2.75) is 46.5 Å². The minimum Gasteiger partial charge on any atom is -0.481 e. The van der Waals surface area contributed by atoms with Gasteiger partial charge in [-0.3, -0.25) is 9.59 Å². The SMILES string of the molecule is CCC(CC)(CNC(=O)CCc1ccc(C)cc1)C(=O)O. The minimum atomic E-state index is -0.848. The average Bonchev–Trinajstić information content (AvgIpc) is 2.48. The topological polar surface area (TPSA) is 66.4 Å². The van der Waals surface area contributed by atoms with E-state index in [-0.39, 0.29) is 12.5 Å². The highest BCUT2D eigenvalue weighted by molar-refractivity contribution is 5.79. The van der Waals surface area contributed by atoms with Gasteiger partial charge in [-0.05, 0) is 31.7 Å². The van der Waals surface area contributed by atoms with Crippen LogP contribution in [0.4, 0.5) is 0 Å². The predicted molar refractivity (Wildman–Crippen MR) is 83.2 cm³/mol. The van der Waals surface area contributed by atoms with Crippen LogP contribution < -0.4 is 5.32 Å². The van der Waals surface area contributed by atoms with Gasteiger partial charge in [-0.25, -0.2) is 0 Å². The quantitative estimate of drug-likeness (QED) is 0.774.